The SMILES string of the molecule is CC(C)(C)CCC(=O)CCCCC(=O)NCc1ccc2c(c1)C(=O)N(C1CCC(=O)NC1=O)C2=O. The van der Waals surface area contributed by atoms with E-state index >= 15 is 0 Å². The summed E-state index contributed by atoms with van der Waals surface area (Å²) < 4.78 is 0. The maximum atomic E-state index is 12.9. The molecule has 9 heteroatoms. The number of hydrogen-bond donors (Lipinski definition) is 2. The number of unbranched alkanes of at least 4 members (excludes halogenated alkanes) is 1. The van der Waals surface area contributed by atoms with E-state index in [0.29, 0.717) is 37.7 Å². The molecule has 5 amide bonds. The number of hydrogen-bond acceptors (Lipinski definition) is 6. The molecule has 188 valence electrons. The molecule has 9 nitrogen and oxygen atoms in total. The minimum Gasteiger partial charge on any atom is -0.352 e. The van der Waals surface area contributed by atoms with Crippen molar-refractivity contribution in [3.63, 3.8) is 0 Å². The normalized spacial score (nSPS) is 17.9. The van der Waals surface area contributed by atoms with Gasteiger partial charge in [0, 0.05) is 32.2 Å². The Labute approximate surface area is 205 Å². The molecule has 0 spiro atoms. The zero-order chi connectivity index (χ0) is 25.8. The fourth-order valence-corrected chi connectivity index (χ4v) is 4.16. The topological polar surface area (TPSA) is 130 Å². The Morgan fingerprint density at radius 1 is 1.00 bits per heavy atom. The zero-order valence-corrected chi connectivity index (χ0v) is 20.6. The van der Waals surface area contributed by atoms with Gasteiger partial charge in [0.25, 0.3) is 11.8 Å². The number of piperidine rings is 1. The number of carbonyl (C=O) groups is 6. The van der Waals surface area contributed by atoms with Crippen LogP contribution in [0.5, 0.6) is 0 Å². The van der Waals surface area contributed by atoms with Gasteiger partial charge in [0.1, 0.15) is 11.8 Å². The van der Waals surface area contributed by atoms with E-state index in [9.17, 15) is 28.8 Å². The first-order valence-electron chi connectivity index (χ1n) is 12.1. The molecule has 0 aliphatic carbocycles. The highest BCUT2D eigenvalue weighted by atomic mass is 16.2. The minimum atomic E-state index is -1.01. The van der Waals surface area contributed by atoms with Crippen LogP contribution in [0.15, 0.2) is 18.2 Å². The lowest BCUT2D eigenvalue weighted by molar-refractivity contribution is -0.136. The van der Waals surface area contributed by atoms with Crippen molar-refractivity contribution in [3.05, 3.63) is 34.9 Å². The van der Waals surface area contributed by atoms with Crippen LogP contribution in [0.2, 0.25) is 0 Å². The molecule has 1 fully saturated rings. The Kier molecular flexibility index (Phi) is 8.19. The molecule has 0 bridgehead atoms. The van der Waals surface area contributed by atoms with Crippen LogP contribution < -0.4 is 10.6 Å². The summed E-state index contributed by atoms with van der Waals surface area (Å²) in [4.78, 5) is 74.2. The Morgan fingerprint density at radius 3 is 2.37 bits per heavy atom. The monoisotopic (exact) mass is 483 g/mol. The number of nitrogens with zero attached hydrogens (tertiary/aromatic N) is 1. The Balaban J connectivity index is 1.47. The van der Waals surface area contributed by atoms with Gasteiger partial charge in [-0.1, -0.05) is 26.8 Å². The number of ketones is 1. The van der Waals surface area contributed by atoms with Crippen molar-refractivity contribution in [2.24, 2.45) is 5.41 Å². The summed E-state index contributed by atoms with van der Waals surface area (Å²) in [5, 5.41) is 4.97. The van der Waals surface area contributed by atoms with Crippen LogP contribution in [0.4, 0.5) is 0 Å². The molecular formula is C26H33N3O6. The van der Waals surface area contributed by atoms with E-state index in [1.807, 2.05) is 0 Å². The van der Waals surface area contributed by atoms with Crippen molar-refractivity contribution in [2.75, 3.05) is 0 Å². The smallest absolute Gasteiger partial charge is 0.262 e. The Morgan fingerprint density at radius 2 is 1.69 bits per heavy atom. The maximum absolute atomic E-state index is 12.9. The molecule has 1 aromatic rings. The molecular weight excluding hydrogens is 450 g/mol. The number of carbonyl (C=O) groups excluding carboxylic acids is 6. The van der Waals surface area contributed by atoms with Crippen molar-refractivity contribution >= 4 is 35.3 Å². The van der Waals surface area contributed by atoms with Crippen molar-refractivity contribution < 1.29 is 28.8 Å². The quantitative estimate of drug-likeness (QED) is 0.389. The first kappa shape index (κ1) is 26.2. The highest BCUT2D eigenvalue weighted by Crippen LogP contribution is 2.28. The molecule has 35 heavy (non-hydrogen) atoms. The second-order valence-electron chi connectivity index (χ2n) is 10.4. The summed E-state index contributed by atoms with van der Waals surface area (Å²) >= 11 is 0. The van der Waals surface area contributed by atoms with Gasteiger partial charge in [-0.25, -0.2) is 0 Å². The third-order valence-corrected chi connectivity index (χ3v) is 6.26. The largest absolute Gasteiger partial charge is 0.352 e. The first-order chi connectivity index (χ1) is 16.5. The summed E-state index contributed by atoms with van der Waals surface area (Å²) in [7, 11) is 0. The van der Waals surface area contributed by atoms with Gasteiger partial charge in [-0.05, 0) is 48.8 Å². The van der Waals surface area contributed by atoms with Gasteiger partial charge in [0.15, 0.2) is 0 Å². The van der Waals surface area contributed by atoms with Crippen LogP contribution in [-0.2, 0) is 25.7 Å². The predicted molar refractivity (Wildman–Crippen MR) is 127 cm³/mol. The molecule has 1 saturated heterocycles. The van der Waals surface area contributed by atoms with E-state index in [0.717, 1.165) is 11.3 Å². The Hall–Kier alpha value is -3.36. The standard InChI is InChI=1S/C26H33N3O6/c1-26(2,3)13-12-17(30)6-4-5-7-21(31)27-15-16-8-9-18-19(14-16)25(35)29(24(18)34)20-10-11-22(32)28-23(20)33/h8-9,14,20H,4-7,10-13,15H2,1-3H3,(H,27,31)(H,28,32,33). The van der Waals surface area contributed by atoms with E-state index in [2.05, 4.69) is 31.4 Å². The fourth-order valence-electron chi connectivity index (χ4n) is 4.16. The molecule has 1 atom stereocenters. The third-order valence-electron chi connectivity index (χ3n) is 6.26. The van der Waals surface area contributed by atoms with Gasteiger partial charge in [-0.3, -0.25) is 39.0 Å². The zero-order valence-electron chi connectivity index (χ0n) is 20.6. The molecule has 2 aliphatic rings. The molecule has 1 aromatic carbocycles. The molecule has 0 radical (unpaired) electrons. The average Bonchev–Trinajstić information content (AvgIpc) is 3.03. The predicted octanol–water partition coefficient (Wildman–Crippen LogP) is 2.66. The number of fused-ring (bicyclic) bond motifs is 1. The minimum absolute atomic E-state index is 0.0617. The second kappa shape index (κ2) is 10.9. The number of benzene rings is 1. The van der Waals surface area contributed by atoms with Gasteiger partial charge in [0.05, 0.1) is 11.1 Å². The summed E-state index contributed by atoms with van der Waals surface area (Å²) in [5.41, 5.74) is 1.17. The molecule has 2 aliphatic heterocycles. The molecule has 1 unspecified atom stereocenters. The molecule has 3 rings (SSSR count). The number of amides is 5. The number of nitrogens with one attached hydrogen (secondary N) is 2. The number of Topliss-reactive ketones (excluding diaryl/α,β-unsaturated/α-hetero) is 1. The average molecular weight is 484 g/mol. The molecule has 2 N–H and O–H groups in total. The number of rotatable bonds is 10. The van der Waals surface area contributed by atoms with E-state index in [4.69, 9.17) is 0 Å². The maximum Gasteiger partial charge on any atom is 0.262 e. The van der Waals surface area contributed by atoms with Crippen LogP contribution in [-0.4, -0.2) is 46.3 Å². The van der Waals surface area contributed by atoms with E-state index < -0.39 is 29.7 Å². The second-order valence-corrected chi connectivity index (χ2v) is 10.4. The van der Waals surface area contributed by atoms with Crippen molar-refractivity contribution in [1.29, 1.82) is 0 Å². The van der Waals surface area contributed by atoms with Crippen LogP contribution in [0.25, 0.3) is 0 Å². The summed E-state index contributed by atoms with van der Waals surface area (Å²) in [5.74, 6) is -2.15. The summed E-state index contributed by atoms with van der Waals surface area (Å²) in [6.07, 6.45) is 3.65. The Bertz CT molecular complexity index is 1060. The van der Waals surface area contributed by atoms with Crippen molar-refractivity contribution in [1.82, 2.24) is 15.5 Å². The first-order valence-corrected chi connectivity index (χ1v) is 12.1. The lowest BCUT2D eigenvalue weighted by Crippen LogP contribution is -2.54. The summed E-state index contributed by atoms with van der Waals surface area (Å²) in [6.45, 7) is 6.51. The molecule has 2 heterocycles. The highest BCUT2D eigenvalue weighted by Gasteiger charge is 2.44. The van der Waals surface area contributed by atoms with Gasteiger partial charge >= 0.3 is 0 Å². The van der Waals surface area contributed by atoms with Crippen LogP contribution >= 0.6 is 0 Å². The van der Waals surface area contributed by atoms with Gasteiger partial charge in [-0.15, -0.1) is 0 Å². The van der Waals surface area contributed by atoms with E-state index in [1.54, 1.807) is 12.1 Å². The van der Waals surface area contributed by atoms with Crippen LogP contribution in [0.1, 0.15) is 98.4 Å². The fraction of sp³-hybridized carbons (Fsp3) is 0.538. The highest BCUT2D eigenvalue weighted by molar-refractivity contribution is 6.23. The molecule has 0 aromatic heterocycles. The number of imide groups is 2. The third kappa shape index (κ3) is 6.83. The lowest BCUT2D eigenvalue weighted by Gasteiger charge is -2.27. The van der Waals surface area contributed by atoms with Gasteiger partial charge < -0.3 is 5.32 Å². The van der Waals surface area contributed by atoms with Crippen LogP contribution in [0.3, 0.4) is 0 Å². The molecule has 0 saturated carbocycles. The van der Waals surface area contributed by atoms with Gasteiger partial charge in [-0.2, -0.15) is 0 Å². The van der Waals surface area contributed by atoms with E-state index in [1.165, 1.54) is 6.07 Å². The van der Waals surface area contributed by atoms with Crippen molar-refractivity contribution in [3.8, 4) is 0 Å². The van der Waals surface area contributed by atoms with E-state index in [-0.39, 0.29) is 47.6 Å². The lowest BCUT2D eigenvalue weighted by atomic mass is 9.89. The van der Waals surface area contributed by atoms with Gasteiger partial charge in [0.2, 0.25) is 17.7 Å². The van der Waals surface area contributed by atoms with Crippen LogP contribution in [0, 0.1) is 5.41 Å². The summed E-state index contributed by atoms with van der Waals surface area (Å²) in [6, 6.07) is 3.72. The van der Waals surface area contributed by atoms with Crippen molar-refractivity contribution in [2.45, 2.75) is 84.7 Å².